The van der Waals surface area contributed by atoms with Crippen molar-refractivity contribution in [2.45, 2.75) is 33.6 Å². The van der Waals surface area contributed by atoms with Gasteiger partial charge < -0.3 is 18.5 Å². The molecule has 0 saturated heterocycles. The van der Waals surface area contributed by atoms with Crippen LogP contribution in [0, 0.1) is 0 Å². The molecule has 0 bridgehead atoms. The van der Waals surface area contributed by atoms with Crippen LogP contribution in [0.1, 0.15) is 38.5 Å². The zero-order valence-electron chi connectivity index (χ0n) is 32.0. The quantitative estimate of drug-likeness (QED) is 0.132. The Morgan fingerprint density at radius 2 is 1.56 bits per heavy atom. The third kappa shape index (κ3) is 6.68. The Kier molecular flexibility index (Phi) is 11.0. The molecule has 0 N–H and O–H groups in total. The van der Waals surface area contributed by atoms with E-state index in [4.69, 9.17) is 4.42 Å². The molecule has 4 heteroatoms. The van der Waals surface area contributed by atoms with Crippen LogP contribution < -0.4 is 15.5 Å². The molecule has 0 aliphatic heterocycles. The predicted molar refractivity (Wildman–Crippen MR) is 240 cm³/mol. The minimum atomic E-state index is 0.887. The van der Waals surface area contributed by atoms with Crippen LogP contribution in [0.15, 0.2) is 176 Å². The molecule has 1 aliphatic rings. The van der Waals surface area contributed by atoms with Crippen molar-refractivity contribution in [3.05, 3.63) is 193 Å². The molecule has 4 aromatic carbocycles. The first-order valence-electron chi connectivity index (χ1n) is 19.1. The van der Waals surface area contributed by atoms with Gasteiger partial charge in [0.05, 0.1) is 21.9 Å². The molecule has 55 heavy (non-hydrogen) atoms. The Bertz CT molecular complexity index is 2840. The summed E-state index contributed by atoms with van der Waals surface area (Å²) in [6.07, 6.45) is 30.4. The SMILES string of the molecule is C=C/C=C\C=C/n1c2ccccc2c2cc(-n3c(=C/C=C)/c(=C\N(C(/C=C\C)=C/C=C)c4ccccc4)c4ccc5c6c(oc5c43)C=CCC6)ccc21.CC. The monoisotopic (exact) mass is 717 g/mol. The Hall–Kier alpha value is -6.78. The predicted octanol–water partition coefficient (Wildman–Crippen LogP) is 12.5. The van der Waals surface area contributed by atoms with Gasteiger partial charge in [0.1, 0.15) is 5.76 Å². The van der Waals surface area contributed by atoms with Crippen molar-refractivity contribution < 1.29 is 4.42 Å². The highest BCUT2D eigenvalue weighted by atomic mass is 16.3. The molecule has 0 spiro atoms. The van der Waals surface area contributed by atoms with Crippen molar-refractivity contribution in [2.24, 2.45) is 0 Å². The maximum absolute atomic E-state index is 6.82. The average molecular weight is 718 g/mol. The van der Waals surface area contributed by atoms with Crippen molar-refractivity contribution in [1.29, 1.82) is 0 Å². The summed E-state index contributed by atoms with van der Waals surface area (Å²) in [6.45, 7) is 18.1. The molecule has 0 amide bonds. The van der Waals surface area contributed by atoms with Crippen LogP contribution in [-0.4, -0.2) is 9.13 Å². The van der Waals surface area contributed by atoms with Gasteiger partial charge >= 0.3 is 0 Å². The number of hydrogen-bond donors (Lipinski definition) is 0. The van der Waals surface area contributed by atoms with Crippen molar-refractivity contribution >= 4 is 73.9 Å². The Morgan fingerprint density at radius 1 is 0.782 bits per heavy atom. The first kappa shape index (κ1) is 36.6. The lowest BCUT2D eigenvalue weighted by Gasteiger charge is -2.22. The number of nitrogens with zero attached hydrogens (tertiary/aromatic N) is 3. The lowest BCUT2D eigenvalue weighted by molar-refractivity contribution is 0.597. The van der Waals surface area contributed by atoms with Gasteiger partial charge in [-0.2, -0.15) is 0 Å². The second kappa shape index (κ2) is 16.5. The van der Waals surface area contributed by atoms with Gasteiger partial charge in [0.2, 0.25) is 0 Å². The third-order valence-electron chi connectivity index (χ3n) is 9.84. The van der Waals surface area contributed by atoms with Crippen LogP contribution in [0.2, 0.25) is 0 Å². The summed E-state index contributed by atoms with van der Waals surface area (Å²) in [5.41, 5.74) is 8.51. The van der Waals surface area contributed by atoms with Crippen molar-refractivity contribution in [1.82, 2.24) is 9.13 Å². The number of fused-ring (bicyclic) bond motifs is 8. The number of aryl methyl sites for hydroxylation is 1. The van der Waals surface area contributed by atoms with Crippen LogP contribution in [0.5, 0.6) is 0 Å². The zero-order chi connectivity index (χ0) is 38.3. The van der Waals surface area contributed by atoms with E-state index >= 15 is 0 Å². The molecule has 0 atom stereocenters. The fourth-order valence-electron chi connectivity index (χ4n) is 7.62. The lowest BCUT2D eigenvalue weighted by atomic mass is 10.0. The molecular weight excluding hydrogens is 671 g/mol. The second-order valence-electron chi connectivity index (χ2n) is 13.0. The van der Waals surface area contributed by atoms with Crippen molar-refractivity contribution in [3.63, 3.8) is 0 Å². The van der Waals surface area contributed by atoms with Crippen molar-refractivity contribution in [2.75, 3.05) is 4.90 Å². The van der Waals surface area contributed by atoms with E-state index in [0.717, 1.165) is 84.5 Å². The van der Waals surface area contributed by atoms with E-state index in [1.807, 2.05) is 63.3 Å². The molecule has 3 aromatic heterocycles. The molecule has 0 unspecified atom stereocenters. The maximum atomic E-state index is 6.82. The van der Waals surface area contributed by atoms with Crippen LogP contribution in [0.25, 0.3) is 73.9 Å². The number of anilines is 1. The fourth-order valence-corrected chi connectivity index (χ4v) is 7.62. The van der Waals surface area contributed by atoms with Crippen LogP contribution in [0.4, 0.5) is 5.69 Å². The summed E-state index contributed by atoms with van der Waals surface area (Å²) in [7, 11) is 0. The zero-order valence-corrected chi connectivity index (χ0v) is 32.0. The third-order valence-corrected chi connectivity index (χ3v) is 9.84. The van der Waals surface area contributed by atoms with Crippen LogP contribution in [-0.2, 0) is 6.42 Å². The Morgan fingerprint density at radius 3 is 2.35 bits per heavy atom. The molecule has 0 fully saturated rings. The Labute approximate surface area is 323 Å². The number of para-hydroxylation sites is 2. The van der Waals surface area contributed by atoms with Gasteiger partial charge in [0, 0.05) is 61.8 Å². The summed E-state index contributed by atoms with van der Waals surface area (Å²) < 4.78 is 11.4. The fraction of sp³-hybridized carbons (Fsp3) is 0.0980. The highest BCUT2D eigenvalue weighted by molar-refractivity contribution is 6.11. The summed E-state index contributed by atoms with van der Waals surface area (Å²) in [5, 5.41) is 6.64. The first-order chi connectivity index (χ1) is 27.2. The lowest BCUT2D eigenvalue weighted by Crippen LogP contribution is -2.31. The number of aromatic nitrogens is 2. The minimum absolute atomic E-state index is 0.887. The molecule has 4 nitrogen and oxygen atoms in total. The minimum Gasteiger partial charge on any atom is -0.454 e. The standard InChI is InChI=1S/C49H41N3O.C2H6/c1-5-9-10-18-32-50-44-26-16-14-24-38(44)42-33-37(28-31-45(42)50)52-46(21-8-4)43(34-51(35(19-6-2)20-7-3)36-22-12-11-13-23-36)40-29-30-41-39-25-15-17-27-47(39)53-49(41)48(40)52;1-2/h5-14,16-24,26-34H,1-2,4,15,25H2,3H3;1-2H3/b10-9-,20-7-,32-18-,35-19+,43-34-,46-21+;. The normalized spacial score (nSPS) is 13.8. The molecular formula is C51H47N3O. The van der Waals surface area contributed by atoms with Gasteiger partial charge in [0.25, 0.3) is 0 Å². The molecule has 7 aromatic rings. The smallest absolute Gasteiger partial charge is 0.159 e. The maximum Gasteiger partial charge on any atom is 0.159 e. The van der Waals surface area contributed by atoms with E-state index in [9.17, 15) is 0 Å². The molecule has 0 radical (unpaired) electrons. The van der Waals surface area contributed by atoms with Crippen LogP contribution in [0.3, 0.4) is 0 Å². The number of allylic oxidation sites excluding steroid dienone is 10. The van der Waals surface area contributed by atoms with E-state index in [-0.39, 0.29) is 0 Å². The highest BCUT2D eigenvalue weighted by Gasteiger charge is 2.22. The highest BCUT2D eigenvalue weighted by Crippen LogP contribution is 2.37. The summed E-state index contributed by atoms with van der Waals surface area (Å²) in [4.78, 5) is 2.23. The molecule has 0 saturated carbocycles. The van der Waals surface area contributed by atoms with E-state index < -0.39 is 0 Å². The first-order valence-corrected chi connectivity index (χ1v) is 19.1. The summed E-state index contributed by atoms with van der Waals surface area (Å²) in [5.74, 6) is 0.942. The van der Waals surface area contributed by atoms with Crippen LogP contribution >= 0.6 is 0 Å². The molecule has 272 valence electrons. The molecule has 8 rings (SSSR count). The second-order valence-corrected chi connectivity index (χ2v) is 13.0. The van der Waals surface area contributed by atoms with Gasteiger partial charge in [-0.15, -0.1) is 0 Å². The van der Waals surface area contributed by atoms with E-state index in [1.54, 1.807) is 6.08 Å². The average Bonchev–Trinajstić information content (AvgIpc) is 3.87. The summed E-state index contributed by atoms with van der Waals surface area (Å²) in [6, 6.07) is 30.3. The van der Waals surface area contributed by atoms with Crippen molar-refractivity contribution in [3.8, 4) is 5.69 Å². The number of furan rings is 1. The topological polar surface area (TPSA) is 26.2 Å². The summed E-state index contributed by atoms with van der Waals surface area (Å²) >= 11 is 0. The van der Waals surface area contributed by atoms with Gasteiger partial charge in [-0.1, -0.05) is 125 Å². The number of rotatable bonds is 10. The van der Waals surface area contributed by atoms with Gasteiger partial charge in [-0.3, -0.25) is 0 Å². The van der Waals surface area contributed by atoms with Gasteiger partial charge in [0.15, 0.2) is 5.58 Å². The largest absolute Gasteiger partial charge is 0.454 e. The van der Waals surface area contributed by atoms with E-state index in [1.165, 1.54) is 10.9 Å². The van der Waals surface area contributed by atoms with Gasteiger partial charge in [-0.05, 0) is 86.5 Å². The Balaban J connectivity index is 0.00000229. The van der Waals surface area contributed by atoms with E-state index in [2.05, 4.69) is 155 Å². The van der Waals surface area contributed by atoms with E-state index in [0.29, 0.717) is 0 Å². The molecule has 3 heterocycles. The molecule has 1 aliphatic carbocycles. The number of benzene rings is 4. The van der Waals surface area contributed by atoms with Gasteiger partial charge in [-0.25, -0.2) is 0 Å². The number of hydrogen-bond acceptors (Lipinski definition) is 2.